The van der Waals surface area contributed by atoms with E-state index in [2.05, 4.69) is 50.4 Å². The minimum absolute atomic E-state index is 0.0660. The molecule has 0 spiro atoms. The van der Waals surface area contributed by atoms with Gasteiger partial charge >= 0.3 is 5.97 Å². The SMILES string of the molecule is CCCCCCCCCCC(CCCCCCCCCC)CCCOC(=O)CCCCCNC(CO)(CO)CCc1ccc(CCCCCCCC)cc1. The highest BCUT2D eigenvalue weighted by Crippen LogP contribution is 2.24. The normalized spacial score (nSPS) is 11.9. The summed E-state index contributed by atoms with van der Waals surface area (Å²) in [5.41, 5.74) is 1.96. The van der Waals surface area contributed by atoms with Crippen molar-refractivity contribution in [1.29, 1.82) is 0 Å². The van der Waals surface area contributed by atoms with Gasteiger partial charge in [0.1, 0.15) is 0 Å². The van der Waals surface area contributed by atoms with Crippen LogP contribution in [0.5, 0.6) is 0 Å². The third-order valence-electron chi connectivity index (χ3n) is 11.8. The van der Waals surface area contributed by atoms with Gasteiger partial charge in [0.2, 0.25) is 0 Å². The summed E-state index contributed by atoms with van der Waals surface area (Å²) in [6.07, 6.45) is 40.6. The van der Waals surface area contributed by atoms with Crippen molar-refractivity contribution in [3.63, 3.8) is 0 Å². The van der Waals surface area contributed by atoms with Crippen molar-refractivity contribution in [2.24, 2.45) is 5.92 Å². The van der Waals surface area contributed by atoms with E-state index in [0.717, 1.165) is 44.4 Å². The summed E-state index contributed by atoms with van der Waals surface area (Å²) in [7, 11) is 0. The summed E-state index contributed by atoms with van der Waals surface area (Å²) in [4.78, 5) is 12.5. The summed E-state index contributed by atoms with van der Waals surface area (Å²) in [6.45, 7) is 7.93. The summed E-state index contributed by atoms with van der Waals surface area (Å²) in [5, 5.41) is 23.8. The van der Waals surface area contributed by atoms with Gasteiger partial charge in [-0.2, -0.15) is 0 Å². The van der Waals surface area contributed by atoms with Crippen LogP contribution < -0.4 is 5.32 Å². The Morgan fingerprint density at radius 1 is 0.556 bits per heavy atom. The van der Waals surface area contributed by atoms with Crippen LogP contribution in [0.1, 0.15) is 231 Å². The molecule has 0 aliphatic carbocycles. The number of esters is 1. The predicted octanol–water partition coefficient (Wildman–Crippen LogP) is 13.4. The van der Waals surface area contributed by atoms with E-state index in [1.54, 1.807) is 0 Å². The summed E-state index contributed by atoms with van der Waals surface area (Å²) < 4.78 is 5.67. The summed E-state index contributed by atoms with van der Waals surface area (Å²) in [5.74, 6) is 0.713. The lowest BCUT2D eigenvalue weighted by molar-refractivity contribution is -0.144. The van der Waals surface area contributed by atoms with Gasteiger partial charge in [0.05, 0.1) is 25.4 Å². The molecule has 0 aliphatic rings. The molecule has 1 rings (SSSR count). The highest BCUT2D eigenvalue weighted by Gasteiger charge is 2.27. The minimum Gasteiger partial charge on any atom is -0.466 e. The molecule has 0 saturated carbocycles. The van der Waals surface area contributed by atoms with Gasteiger partial charge in [0.15, 0.2) is 0 Å². The van der Waals surface area contributed by atoms with E-state index in [1.807, 2.05) is 0 Å². The third-order valence-corrected chi connectivity index (χ3v) is 11.8. The average molecular weight is 758 g/mol. The van der Waals surface area contributed by atoms with Gasteiger partial charge in [-0.05, 0) is 75.0 Å². The van der Waals surface area contributed by atoms with E-state index < -0.39 is 5.54 Å². The van der Waals surface area contributed by atoms with E-state index in [-0.39, 0.29) is 19.2 Å². The molecule has 316 valence electrons. The van der Waals surface area contributed by atoms with E-state index in [0.29, 0.717) is 26.0 Å². The average Bonchev–Trinajstić information content (AvgIpc) is 3.19. The molecular weight excluding hydrogens is 667 g/mol. The Labute approximate surface area is 336 Å². The monoisotopic (exact) mass is 758 g/mol. The molecule has 1 aromatic rings. The van der Waals surface area contributed by atoms with Crippen LogP contribution in [0, 0.1) is 5.92 Å². The first kappa shape index (κ1) is 50.6. The number of aliphatic hydroxyl groups excluding tert-OH is 2. The van der Waals surface area contributed by atoms with Crippen LogP contribution in [-0.2, 0) is 22.4 Å². The first-order valence-corrected chi connectivity index (χ1v) is 23.7. The third kappa shape index (κ3) is 28.9. The highest BCUT2D eigenvalue weighted by atomic mass is 16.5. The number of nitrogens with one attached hydrogen (secondary N) is 1. The van der Waals surface area contributed by atoms with Crippen LogP contribution in [0.15, 0.2) is 24.3 Å². The standard InChI is InChI=1S/C49H91NO4/c1-4-7-10-13-16-18-21-24-30-45(31-25-22-19-17-14-11-8-5-2)33-29-42-54-48(53)34-27-23-28-41-50-49(43-51,44-52)40-39-47-37-35-46(36-38-47)32-26-20-15-12-9-6-3/h35-38,45,50-52H,4-34,39-44H2,1-3H3. The number of hydrogen-bond acceptors (Lipinski definition) is 5. The van der Waals surface area contributed by atoms with Crippen LogP contribution in [0.25, 0.3) is 0 Å². The molecule has 0 radical (unpaired) electrons. The largest absolute Gasteiger partial charge is 0.466 e. The Morgan fingerprint density at radius 3 is 1.48 bits per heavy atom. The Balaban J connectivity index is 2.26. The molecule has 54 heavy (non-hydrogen) atoms. The molecule has 0 aliphatic heterocycles. The molecule has 0 atom stereocenters. The van der Waals surface area contributed by atoms with Gasteiger partial charge in [-0.15, -0.1) is 0 Å². The Hall–Kier alpha value is -1.43. The summed E-state index contributed by atoms with van der Waals surface area (Å²) >= 11 is 0. The maximum absolute atomic E-state index is 12.5. The van der Waals surface area contributed by atoms with Crippen LogP contribution in [0.2, 0.25) is 0 Å². The highest BCUT2D eigenvalue weighted by molar-refractivity contribution is 5.69. The molecule has 5 heteroatoms. The van der Waals surface area contributed by atoms with Crippen molar-refractivity contribution < 1.29 is 19.7 Å². The van der Waals surface area contributed by atoms with Crippen molar-refractivity contribution in [2.45, 2.75) is 238 Å². The number of unbranched alkanes of at least 4 members (excludes halogenated alkanes) is 21. The van der Waals surface area contributed by atoms with Gasteiger partial charge in [-0.3, -0.25) is 4.79 Å². The van der Waals surface area contributed by atoms with E-state index in [1.165, 1.54) is 172 Å². The molecule has 0 fully saturated rings. The van der Waals surface area contributed by atoms with Crippen LogP contribution in [-0.4, -0.2) is 48.1 Å². The Bertz CT molecular complexity index is 910. The number of carbonyl (C=O) groups excluding carboxylic acids is 1. The molecule has 0 heterocycles. The zero-order valence-corrected chi connectivity index (χ0v) is 36.3. The first-order chi connectivity index (χ1) is 26.5. The quantitative estimate of drug-likeness (QED) is 0.0458. The van der Waals surface area contributed by atoms with Gasteiger partial charge < -0.3 is 20.3 Å². The molecule has 1 aromatic carbocycles. The Morgan fingerprint density at radius 2 is 0.981 bits per heavy atom. The van der Waals surface area contributed by atoms with Crippen molar-refractivity contribution in [1.82, 2.24) is 5.32 Å². The maximum atomic E-state index is 12.5. The molecule has 0 aromatic heterocycles. The maximum Gasteiger partial charge on any atom is 0.305 e. The fourth-order valence-corrected chi connectivity index (χ4v) is 7.90. The number of ether oxygens (including phenoxy) is 1. The van der Waals surface area contributed by atoms with Crippen molar-refractivity contribution in [3.8, 4) is 0 Å². The lowest BCUT2D eigenvalue weighted by Gasteiger charge is -2.31. The number of carbonyl (C=O) groups is 1. The van der Waals surface area contributed by atoms with Gasteiger partial charge in [-0.25, -0.2) is 0 Å². The van der Waals surface area contributed by atoms with E-state index >= 15 is 0 Å². The van der Waals surface area contributed by atoms with Gasteiger partial charge in [0.25, 0.3) is 0 Å². The predicted molar refractivity (Wildman–Crippen MR) is 233 cm³/mol. The lowest BCUT2D eigenvalue weighted by atomic mass is 9.90. The zero-order chi connectivity index (χ0) is 39.2. The lowest BCUT2D eigenvalue weighted by Crippen LogP contribution is -2.52. The van der Waals surface area contributed by atoms with Crippen LogP contribution in [0.3, 0.4) is 0 Å². The van der Waals surface area contributed by atoms with Crippen molar-refractivity contribution in [3.05, 3.63) is 35.4 Å². The van der Waals surface area contributed by atoms with Gasteiger partial charge in [-0.1, -0.05) is 199 Å². The summed E-state index contributed by atoms with van der Waals surface area (Å²) in [6, 6.07) is 8.90. The number of benzene rings is 1. The second kappa shape index (κ2) is 37.2. The second-order valence-electron chi connectivity index (χ2n) is 16.9. The first-order valence-electron chi connectivity index (χ1n) is 23.7. The van der Waals surface area contributed by atoms with Crippen molar-refractivity contribution in [2.75, 3.05) is 26.4 Å². The fourth-order valence-electron chi connectivity index (χ4n) is 7.90. The fraction of sp³-hybridized carbons (Fsp3) is 0.857. The number of aliphatic hydroxyl groups is 2. The van der Waals surface area contributed by atoms with Crippen LogP contribution in [0.4, 0.5) is 0 Å². The molecule has 5 nitrogen and oxygen atoms in total. The van der Waals surface area contributed by atoms with Crippen LogP contribution >= 0.6 is 0 Å². The zero-order valence-electron chi connectivity index (χ0n) is 36.3. The molecule has 0 saturated heterocycles. The number of hydrogen-bond donors (Lipinski definition) is 3. The van der Waals surface area contributed by atoms with E-state index in [4.69, 9.17) is 4.74 Å². The molecule has 3 N–H and O–H groups in total. The second-order valence-corrected chi connectivity index (χ2v) is 16.9. The number of rotatable bonds is 41. The molecule has 0 amide bonds. The molecular formula is C49H91NO4. The van der Waals surface area contributed by atoms with Gasteiger partial charge in [0, 0.05) is 6.42 Å². The Kier molecular flexibility index (Phi) is 34.8. The van der Waals surface area contributed by atoms with E-state index in [9.17, 15) is 15.0 Å². The topological polar surface area (TPSA) is 78.8 Å². The van der Waals surface area contributed by atoms with Crippen molar-refractivity contribution >= 4 is 5.97 Å². The molecule has 0 unspecified atom stereocenters. The number of aryl methyl sites for hydroxylation is 2. The minimum atomic E-state index is -0.684. The smallest absolute Gasteiger partial charge is 0.305 e. The molecule has 0 bridgehead atoms.